The molecule has 2 fully saturated rings. The van der Waals surface area contributed by atoms with Gasteiger partial charge in [-0.15, -0.1) is 0 Å². The summed E-state index contributed by atoms with van der Waals surface area (Å²) >= 11 is 0. The fourth-order valence-electron chi connectivity index (χ4n) is 3.52. The van der Waals surface area contributed by atoms with Crippen molar-refractivity contribution in [2.24, 2.45) is 7.05 Å². The molecule has 1 aliphatic heterocycles. The third-order valence-corrected chi connectivity index (χ3v) is 4.73. The molecule has 2 aromatic rings. The number of rotatable bonds is 4. The summed E-state index contributed by atoms with van der Waals surface area (Å²) in [5.74, 6) is 2.18. The molecular formula is C16H23N5O. The first kappa shape index (κ1) is 13.9. The Hall–Kier alpha value is -1.69. The molecule has 0 spiro atoms. The Kier molecular flexibility index (Phi) is 3.48. The molecule has 0 radical (unpaired) electrons. The maximum absolute atomic E-state index is 5.19. The van der Waals surface area contributed by atoms with Gasteiger partial charge in [0.25, 0.3) is 0 Å². The molecule has 1 saturated heterocycles. The summed E-state index contributed by atoms with van der Waals surface area (Å²) < 4.78 is 7.15. The van der Waals surface area contributed by atoms with Gasteiger partial charge < -0.3 is 4.52 Å². The molecule has 0 amide bonds. The van der Waals surface area contributed by atoms with Crippen molar-refractivity contribution in [2.45, 2.75) is 57.5 Å². The normalized spacial score (nSPS) is 23.1. The van der Waals surface area contributed by atoms with Crippen LogP contribution < -0.4 is 0 Å². The second kappa shape index (κ2) is 5.50. The van der Waals surface area contributed by atoms with E-state index in [1.807, 2.05) is 18.7 Å². The summed E-state index contributed by atoms with van der Waals surface area (Å²) in [6.45, 7) is 3.89. The Morgan fingerprint density at radius 1 is 1.27 bits per heavy atom. The number of hydrogen-bond donors (Lipinski definition) is 0. The minimum atomic E-state index is 0.276. The van der Waals surface area contributed by atoms with Gasteiger partial charge in [0.05, 0.1) is 11.7 Å². The van der Waals surface area contributed by atoms with Gasteiger partial charge in [-0.1, -0.05) is 11.6 Å². The number of likely N-dealkylation sites (tertiary alicyclic amines) is 1. The molecule has 1 atom stereocenters. The highest BCUT2D eigenvalue weighted by Gasteiger charge is 2.32. The fraction of sp³-hybridized carbons (Fsp3) is 0.688. The molecule has 4 rings (SSSR count). The number of hydrogen-bond acceptors (Lipinski definition) is 5. The quantitative estimate of drug-likeness (QED) is 0.869. The van der Waals surface area contributed by atoms with Crippen molar-refractivity contribution in [1.82, 2.24) is 24.8 Å². The maximum atomic E-state index is 5.19. The average molecular weight is 301 g/mol. The molecule has 6 nitrogen and oxygen atoms in total. The SMILES string of the molecule is Cc1nc(C2CCCCN2Cc2cn(C)nc2C2CC2)no1. The molecule has 0 N–H and O–H groups in total. The smallest absolute Gasteiger partial charge is 0.223 e. The highest BCUT2D eigenvalue weighted by molar-refractivity contribution is 5.25. The van der Waals surface area contributed by atoms with Gasteiger partial charge in [-0.2, -0.15) is 10.1 Å². The molecule has 6 heteroatoms. The number of piperidine rings is 1. The van der Waals surface area contributed by atoms with Gasteiger partial charge in [-0.25, -0.2) is 0 Å². The van der Waals surface area contributed by atoms with Crippen LogP contribution in [0, 0.1) is 6.92 Å². The van der Waals surface area contributed by atoms with Crippen molar-refractivity contribution in [3.8, 4) is 0 Å². The number of nitrogens with zero attached hydrogens (tertiary/aromatic N) is 5. The molecule has 2 aliphatic rings. The van der Waals surface area contributed by atoms with Gasteiger partial charge in [0.2, 0.25) is 5.89 Å². The zero-order valence-electron chi connectivity index (χ0n) is 13.3. The highest BCUT2D eigenvalue weighted by Crippen LogP contribution is 2.41. The fourth-order valence-corrected chi connectivity index (χ4v) is 3.52. The first-order chi connectivity index (χ1) is 10.7. The third kappa shape index (κ3) is 2.67. The van der Waals surface area contributed by atoms with E-state index in [0.717, 1.165) is 25.3 Å². The molecule has 1 saturated carbocycles. The maximum Gasteiger partial charge on any atom is 0.223 e. The van der Waals surface area contributed by atoms with Crippen LogP contribution in [0.5, 0.6) is 0 Å². The van der Waals surface area contributed by atoms with E-state index in [0.29, 0.717) is 11.8 Å². The molecular weight excluding hydrogens is 278 g/mol. The summed E-state index contributed by atoms with van der Waals surface area (Å²) in [7, 11) is 2.02. The predicted molar refractivity (Wildman–Crippen MR) is 81.2 cm³/mol. The molecule has 0 bridgehead atoms. The summed E-state index contributed by atoms with van der Waals surface area (Å²) in [6, 6.07) is 0.276. The Morgan fingerprint density at radius 2 is 2.14 bits per heavy atom. The van der Waals surface area contributed by atoms with E-state index >= 15 is 0 Å². The third-order valence-electron chi connectivity index (χ3n) is 4.73. The van der Waals surface area contributed by atoms with Crippen LogP contribution in [0.15, 0.2) is 10.7 Å². The summed E-state index contributed by atoms with van der Waals surface area (Å²) in [5.41, 5.74) is 2.67. The minimum absolute atomic E-state index is 0.276. The van der Waals surface area contributed by atoms with Crippen LogP contribution in [0.25, 0.3) is 0 Å². The summed E-state index contributed by atoms with van der Waals surface area (Å²) in [6.07, 6.45) is 8.34. The zero-order valence-corrected chi connectivity index (χ0v) is 13.3. The van der Waals surface area contributed by atoms with Crippen LogP contribution in [-0.4, -0.2) is 31.4 Å². The van der Waals surface area contributed by atoms with E-state index in [4.69, 9.17) is 4.52 Å². The average Bonchev–Trinajstić information content (AvgIpc) is 3.16. The zero-order chi connectivity index (χ0) is 15.1. The van der Waals surface area contributed by atoms with Crippen LogP contribution >= 0.6 is 0 Å². The standard InChI is InChI=1S/C16H23N5O/c1-11-17-16(19-22-11)14-5-3-4-8-21(14)10-13-9-20(2)18-15(13)12-6-7-12/h9,12,14H,3-8,10H2,1-2H3. The Morgan fingerprint density at radius 3 is 2.86 bits per heavy atom. The van der Waals surface area contributed by atoms with Gasteiger partial charge in [-0.05, 0) is 32.2 Å². The molecule has 118 valence electrons. The molecule has 2 aromatic heterocycles. The topological polar surface area (TPSA) is 60.0 Å². The molecule has 1 aliphatic carbocycles. The van der Waals surface area contributed by atoms with Crippen molar-refractivity contribution in [1.29, 1.82) is 0 Å². The largest absolute Gasteiger partial charge is 0.340 e. The molecule has 1 unspecified atom stereocenters. The van der Waals surface area contributed by atoms with Crippen LogP contribution in [0.3, 0.4) is 0 Å². The first-order valence-electron chi connectivity index (χ1n) is 8.27. The Bertz CT molecular complexity index is 657. The van der Waals surface area contributed by atoms with Crippen molar-refractivity contribution >= 4 is 0 Å². The lowest BCUT2D eigenvalue weighted by Crippen LogP contribution is -2.33. The second-order valence-electron chi connectivity index (χ2n) is 6.64. The van der Waals surface area contributed by atoms with E-state index in [1.54, 1.807) is 0 Å². The lowest BCUT2D eigenvalue weighted by Gasteiger charge is -2.33. The minimum Gasteiger partial charge on any atom is -0.340 e. The van der Waals surface area contributed by atoms with Crippen LogP contribution in [0.2, 0.25) is 0 Å². The number of aryl methyl sites for hydroxylation is 2. The van der Waals surface area contributed by atoms with Gasteiger partial charge >= 0.3 is 0 Å². The monoisotopic (exact) mass is 301 g/mol. The van der Waals surface area contributed by atoms with Crippen molar-refractivity contribution < 1.29 is 4.52 Å². The van der Waals surface area contributed by atoms with Gasteiger partial charge in [0, 0.05) is 38.2 Å². The summed E-state index contributed by atoms with van der Waals surface area (Å²) in [4.78, 5) is 6.96. The predicted octanol–water partition coefficient (Wildman–Crippen LogP) is 2.72. The number of aromatic nitrogens is 4. The molecule has 0 aromatic carbocycles. The van der Waals surface area contributed by atoms with Crippen molar-refractivity contribution in [2.75, 3.05) is 6.54 Å². The van der Waals surface area contributed by atoms with Crippen LogP contribution in [0.1, 0.15) is 67.0 Å². The van der Waals surface area contributed by atoms with Crippen LogP contribution in [-0.2, 0) is 13.6 Å². The lowest BCUT2D eigenvalue weighted by atomic mass is 10.0. The highest BCUT2D eigenvalue weighted by atomic mass is 16.5. The van der Waals surface area contributed by atoms with Gasteiger partial charge in [0.15, 0.2) is 5.82 Å². The van der Waals surface area contributed by atoms with Crippen molar-refractivity contribution in [3.63, 3.8) is 0 Å². The molecule has 22 heavy (non-hydrogen) atoms. The Balaban J connectivity index is 1.57. The van der Waals surface area contributed by atoms with E-state index < -0.39 is 0 Å². The Labute approximate surface area is 130 Å². The van der Waals surface area contributed by atoms with E-state index in [2.05, 4.69) is 26.3 Å². The van der Waals surface area contributed by atoms with Gasteiger partial charge in [-0.3, -0.25) is 9.58 Å². The first-order valence-corrected chi connectivity index (χ1v) is 8.27. The summed E-state index contributed by atoms with van der Waals surface area (Å²) in [5, 5.41) is 8.84. The van der Waals surface area contributed by atoms with E-state index in [9.17, 15) is 0 Å². The van der Waals surface area contributed by atoms with Crippen molar-refractivity contribution in [3.05, 3.63) is 29.2 Å². The van der Waals surface area contributed by atoms with E-state index in [-0.39, 0.29) is 6.04 Å². The van der Waals surface area contributed by atoms with Gasteiger partial charge in [0.1, 0.15) is 0 Å². The molecule has 3 heterocycles. The lowest BCUT2D eigenvalue weighted by molar-refractivity contribution is 0.131. The van der Waals surface area contributed by atoms with E-state index in [1.165, 1.54) is 36.9 Å². The van der Waals surface area contributed by atoms with Crippen LogP contribution in [0.4, 0.5) is 0 Å². The second-order valence-corrected chi connectivity index (χ2v) is 6.64.